The molecule has 5 nitrogen and oxygen atoms in total. The molecule has 0 saturated carbocycles. The normalized spacial score (nSPS) is 25.0. The van der Waals surface area contributed by atoms with Crippen LogP contribution in [0.1, 0.15) is 42.8 Å². The number of hydrogen-bond donors (Lipinski definition) is 1. The number of nitrogens with one attached hydrogen (secondary N) is 1. The SMILES string of the molecule is Cc1nc(C)c(C)c(NC2CCOC3(CCOCC3)C2)n1. The van der Waals surface area contributed by atoms with Gasteiger partial charge in [0.25, 0.3) is 0 Å². The van der Waals surface area contributed by atoms with Crippen molar-refractivity contribution in [1.82, 2.24) is 9.97 Å². The van der Waals surface area contributed by atoms with E-state index in [1.165, 1.54) is 0 Å². The molecule has 3 heterocycles. The number of hydrogen-bond acceptors (Lipinski definition) is 5. The molecule has 1 N–H and O–H groups in total. The van der Waals surface area contributed by atoms with Crippen molar-refractivity contribution in [3.63, 3.8) is 0 Å². The fourth-order valence-corrected chi connectivity index (χ4v) is 3.35. The van der Waals surface area contributed by atoms with Gasteiger partial charge in [0.05, 0.1) is 5.60 Å². The minimum Gasteiger partial charge on any atom is -0.381 e. The smallest absolute Gasteiger partial charge is 0.133 e. The number of nitrogens with zero attached hydrogens (tertiary/aromatic N) is 2. The van der Waals surface area contributed by atoms with Crippen LogP contribution < -0.4 is 5.32 Å². The molecule has 2 aliphatic heterocycles. The van der Waals surface area contributed by atoms with Crippen molar-refractivity contribution in [3.05, 3.63) is 17.1 Å². The van der Waals surface area contributed by atoms with Crippen LogP contribution in [-0.2, 0) is 9.47 Å². The highest BCUT2D eigenvalue weighted by Gasteiger charge is 2.39. The Morgan fingerprint density at radius 3 is 2.62 bits per heavy atom. The van der Waals surface area contributed by atoms with Crippen molar-refractivity contribution in [2.45, 2.75) is 58.1 Å². The predicted octanol–water partition coefficient (Wildman–Crippen LogP) is 2.54. The molecule has 0 aliphatic carbocycles. The van der Waals surface area contributed by atoms with Crippen LogP contribution in [0.15, 0.2) is 0 Å². The van der Waals surface area contributed by atoms with Crippen LogP contribution in [0.3, 0.4) is 0 Å². The first-order valence-electron chi connectivity index (χ1n) is 7.88. The van der Waals surface area contributed by atoms with Crippen molar-refractivity contribution in [3.8, 4) is 0 Å². The molecule has 0 aromatic carbocycles. The highest BCUT2D eigenvalue weighted by molar-refractivity contribution is 5.46. The first-order chi connectivity index (χ1) is 10.1. The summed E-state index contributed by atoms with van der Waals surface area (Å²) in [6.45, 7) is 8.52. The molecule has 2 fully saturated rings. The Kier molecular flexibility index (Phi) is 4.13. The molecule has 2 saturated heterocycles. The third-order valence-electron chi connectivity index (χ3n) is 4.74. The maximum Gasteiger partial charge on any atom is 0.133 e. The van der Waals surface area contributed by atoms with Gasteiger partial charge in [0, 0.05) is 37.1 Å². The summed E-state index contributed by atoms with van der Waals surface area (Å²) in [5, 5.41) is 3.63. The second-order valence-electron chi connectivity index (χ2n) is 6.31. The fraction of sp³-hybridized carbons (Fsp3) is 0.750. The number of rotatable bonds is 2. The maximum atomic E-state index is 6.10. The molecule has 1 unspecified atom stereocenters. The summed E-state index contributed by atoms with van der Waals surface area (Å²) in [6, 6.07) is 0.421. The third kappa shape index (κ3) is 3.19. The highest BCUT2D eigenvalue weighted by Crippen LogP contribution is 2.35. The van der Waals surface area contributed by atoms with Gasteiger partial charge in [-0.3, -0.25) is 0 Å². The fourth-order valence-electron chi connectivity index (χ4n) is 3.35. The second kappa shape index (κ2) is 5.89. The Morgan fingerprint density at radius 2 is 1.86 bits per heavy atom. The van der Waals surface area contributed by atoms with E-state index in [9.17, 15) is 0 Å². The van der Waals surface area contributed by atoms with Gasteiger partial charge in [0.2, 0.25) is 0 Å². The minimum atomic E-state index is 0.0131. The topological polar surface area (TPSA) is 56.3 Å². The zero-order valence-corrected chi connectivity index (χ0v) is 13.2. The lowest BCUT2D eigenvalue weighted by molar-refractivity contribution is -0.135. The largest absolute Gasteiger partial charge is 0.381 e. The molecular weight excluding hydrogens is 266 g/mol. The van der Waals surface area contributed by atoms with E-state index in [-0.39, 0.29) is 5.60 Å². The Hall–Kier alpha value is -1.20. The Labute approximate surface area is 126 Å². The van der Waals surface area contributed by atoms with Crippen molar-refractivity contribution in [1.29, 1.82) is 0 Å². The standard InChI is InChI=1S/C16H25N3O2/c1-11-12(2)17-13(3)18-15(11)19-14-4-7-21-16(10-14)5-8-20-9-6-16/h14H,4-10H2,1-3H3,(H,17,18,19). The van der Waals surface area contributed by atoms with Crippen molar-refractivity contribution in [2.24, 2.45) is 0 Å². The molecule has 5 heteroatoms. The molecule has 1 atom stereocenters. The van der Waals surface area contributed by atoms with Gasteiger partial charge in [0.15, 0.2) is 0 Å². The molecule has 0 radical (unpaired) electrons. The van der Waals surface area contributed by atoms with E-state index in [4.69, 9.17) is 9.47 Å². The van der Waals surface area contributed by atoms with Gasteiger partial charge in [-0.15, -0.1) is 0 Å². The first kappa shape index (κ1) is 14.7. The summed E-state index contributed by atoms with van der Waals surface area (Å²) < 4.78 is 11.6. The molecule has 1 aromatic rings. The molecule has 0 amide bonds. The van der Waals surface area contributed by atoms with Crippen molar-refractivity contribution < 1.29 is 9.47 Å². The summed E-state index contributed by atoms with van der Waals surface area (Å²) in [5.41, 5.74) is 2.21. The summed E-state index contributed by atoms with van der Waals surface area (Å²) >= 11 is 0. The summed E-state index contributed by atoms with van der Waals surface area (Å²) in [5.74, 6) is 1.81. The maximum absolute atomic E-state index is 6.10. The van der Waals surface area contributed by atoms with Crippen LogP contribution in [0.25, 0.3) is 0 Å². The Balaban J connectivity index is 1.73. The van der Waals surface area contributed by atoms with E-state index >= 15 is 0 Å². The van der Waals surface area contributed by atoms with Crippen LogP contribution in [0.2, 0.25) is 0 Å². The molecule has 116 valence electrons. The number of anilines is 1. The zero-order chi connectivity index (χ0) is 14.9. The van der Waals surface area contributed by atoms with E-state index in [0.717, 1.165) is 68.4 Å². The van der Waals surface area contributed by atoms with E-state index in [1.54, 1.807) is 0 Å². The van der Waals surface area contributed by atoms with E-state index in [0.29, 0.717) is 6.04 Å². The lowest BCUT2D eigenvalue weighted by Crippen LogP contribution is -2.48. The van der Waals surface area contributed by atoms with Gasteiger partial charge in [0.1, 0.15) is 11.6 Å². The predicted molar refractivity (Wildman–Crippen MR) is 81.6 cm³/mol. The van der Waals surface area contributed by atoms with Crippen molar-refractivity contribution >= 4 is 5.82 Å². The van der Waals surface area contributed by atoms with Crippen LogP contribution >= 0.6 is 0 Å². The molecular formula is C16H25N3O2. The average Bonchev–Trinajstić information content (AvgIpc) is 2.45. The van der Waals surface area contributed by atoms with Gasteiger partial charge < -0.3 is 14.8 Å². The monoisotopic (exact) mass is 291 g/mol. The Morgan fingerprint density at radius 1 is 1.10 bits per heavy atom. The molecule has 2 aliphatic rings. The summed E-state index contributed by atoms with van der Waals surface area (Å²) in [4.78, 5) is 8.99. The lowest BCUT2D eigenvalue weighted by Gasteiger charge is -2.43. The highest BCUT2D eigenvalue weighted by atomic mass is 16.5. The van der Waals surface area contributed by atoms with Gasteiger partial charge in [-0.1, -0.05) is 0 Å². The second-order valence-corrected chi connectivity index (χ2v) is 6.31. The summed E-state index contributed by atoms with van der Waals surface area (Å²) in [6.07, 6.45) is 4.08. The van der Waals surface area contributed by atoms with Crippen LogP contribution in [-0.4, -0.2) is 41.4 Å². The van der Waals surface area contributed by atoms with Gasteiger partial charge in [-0.2, -0.15) is 0 Å². The number of aryl methyl sites for hydroxylation is 2. The Bertz CT molecular complexity index is 507. The zero-order valence-electron chi connectivity index (χ0n) is 13.2. The lowest BCUT2D eigenvalue weighted by atomic mass is 9.84. The van der Waals surface area contributed by atoms with Gasteiger partial charge in [-0.05, 0) is 46.5 Å². The van der Waals surface area contributed by atoms with Crippen LogP contribution in [0.4, 0.5) is 5.82 Å². The van der Waals surface area contributed by atoms with E-state index in [2.05, 4.69) is 22.2 Å². The van der Waals surface area contributed by atoms with Gasteiger partial charge >= 0.3 is 0 Å². The van der Waals surface area contributed by atoms with Crippen LogP contribution in [0.5, 0.6) is 0 Å². The quantitative estimate of drug-likeness (QED) is 0.907. The third-order valence-corrected chi connectivity index (χ3v) is 4.74. The van der Waals surface area contributed by atoms with Gasteiger partial charge in [-0.25, -0.2) is 9.97 Å². The minimum absolute atomic E-state index is 0.0131. The number of ether oxygens (including phenoxy) is 2. The van der Waals surface area contributed by atoms with Crippen LogP contribution in [0, 0.1) is 20.8 Å². The molecule has 1 aromatic heterocycles. The van der Waals surface area contributed by atoms with E-state index < -0.39 is 0 Å². The van der Waals surface area contributed by atoms with E-state index in [1.807, 2.05) is 13.8 Å². The molecule has 21 heavy (non-hydrogen) atoms. The summed E-state index contributed by atoms with van der Waals surface area (Å²) in [7, 11) is 0. The molecule has 0 bridgehead atoms. The average molecular weight is 291 g/mol. The van der Waals surface area contributed by atoms with Crippen molar-refractivity contribution in [2.75, 3.05) is 25.1 Å². The molecule has 1 spiro atoms. The number of aromatic nitrogens is 2. The first-order valence-corrected chi connectivity index (χ1v) is 7.88. The molecule has 3 rings (SSSR count).